The van der Waals surface area contributed by atoms with Gasteiger partial charge < -0.3 is 4.90 Å². The van der Waals surface area contributed by atoms with E-state index in [1.165, 1.54) is 11.1 Å². The molecule has 1 amide bonds. The molecule has 0 spiro atoms. The molecule has 1 fully saturated rings. The average molecular weight is 404 g/mol. The lowest BCUT2D eigenvalue weighted by atomic mass is 9.96. The molecular formula is C24H25N3OS. The molecule has 1 aliphatic heterocycles. The van der Waals surface area contributed by atoms with E-state index >= 15 is 0 Å². The largest absolute Gasteiger partial charge is 0.337 e. The van der Waals surface area contributed by atoms with Gasteiger partial charge in [-0.15, -0.1) is 11.3 Å². The van der Waals surface area contributed by atoms with Gasteiger partial charge in [-0.3, -0.25) is 9.69 Å². The first-order chi connectivity index (χ1) is 14.2. The summed E-state index contributed by atoms with van der Waals surface area (Å²) >= 11 is 1.60. The molecule has 1 saturated heterocycles. The molecule has 0 radical (unpaired) electrons. The lowest BCUT2D eigenvalue weighted by Crippen LogP contribution is -2.49. The molecule has 0 atom stereocenters. The van der Waals surface area contributed by atoms with E-state index in [-0.39, 0.29) is 11.9 Å². The number of carbonyl (C=O) groups excluding carboxylic acids is 1. The maximum absolute atomic E-state index is 12.6. The molecule has 148 valence electrons. The fourth-order valence-corrected chi connectivity index (χ4v) is 4.38. The molecule has 5 heteroatoms. The van der Waals surface area contributed by atoms with Gasteiger partial charge in [0.15, 0.2) is 0 Å². The molecule has 1 aromatic heterocycles. The first-order valence-electron chi connectivity index (χ1n) is 9.94. The number of nitrogens with zero attached hydrogens (tertiary/aromatic N) is 3. The molecule has 2 aromatic carbocycles. The van der Waals surface area contributed by atoms with Crippen molar-refractivity contribution in [3.63, 3.8) is 0 Å². The van der Waals surface area contributed by atoms with Crippen LogP contribution in [0.1, 0.15) is 27.9 Å². The standard InChI is InChI=1S/C24H25N3OS/c1-19-25-22(18-29-19)12-13-23(28)26-14-16-27(17-15-26)24(20-8-4-2-5-9-20)21-10-6-3-7-11-21/h2-13,18,24H,14-17H2,1H3/b13-12+. The molecule has 1 aliphatic rings. The van der Waals surface area contributed by atoms with Crippen LogP contribution in [0.4, 0.5) is 0 Å². The van der Waals surface area contributed by atoms with Crippen LogP contribution in [0.3, 0.4) is 0 Å². The first kappa shape index (κ1) is 19.6. The molecular weight excluding hydrogens is 378 g/mol. The number of rotatable bonds is 5. The summed E-state index contributed by atoms with van der Waals surface area (Å²) in [5.41, 5.74) is 3.43. The Labute approximate surface area is 176 Å². The van der Waals surface area contributed by atoms with Gasteiger partial charge in [-0.2, -0.15) is 0 Å². The highest BCUT2D eigenvalue weighted by Crippen LogP contribution is 2.29. The van der Waals surface area contributed by atoms with Crippen LogP contribution in [0.15, 0.2) is 72.1 Å². The SMILES string of the molecule is Cc1nc(/C=C/C(=O)N2CCN(C(c3ccccc3)c3ccccc3)CC2)cs1. The smallest absolute Gasteiger partial charge is 0.246 e. The fourth-order valence-electron chi connectivity index (χ4n) is 3.80. The third-order valence-electron chi connectivity index (χ3n) is 5.26. The van der Waals surface area contributed by atoms with E-state index in [4.69, 9.17) is 0 Å². The van der Waals surface area contributed by atoms with Gasteiger partial charge >= 0.3 is 0 Å². The van der Waals surface area contributed by atoms with Crippen LogP contribution in [0.25, 0.3) is 6.08 Å². The summed E-state index contributed by atoms with van der Waals surface area (Å²) in [4.78, 5) is 21.4. The molecule has 0 bridgehead atoms. The van der Waals surface area contributed by atoms with Crippen molar-refractivity contribution in [3.05, 3.63) is 93.9 Å². The predicted molar refractivity (Wildman–Crippen MR) is 119 cm³/mol. The van der Waals surface area contributed by atoms with E-state index < -0.39 is 0 Å². The number of amides is 1. The third kappa shape index (κ3) is 4.81. The number of aryl methyl sites for hydroxylation is 1. The number of carbonyl (C=O) groups is 1. The zero-order chi connectivity index (χ0) is 20.1. The van der Waals surface area contributed by atoms with Gasteiger partial charge in [0.05, 0.1) is 16.7 Å². The Balaban J connectivity index is 1.44. The van der Waals surface area contributed by atoms with Gasteiger partial charge in [0.1, 0.15) is 0 Å². The minimum Gasteiger partial charge on any atom is -0.337 e. The predicted octanol–water partition coefficient (Wildman–Crippen LogP) is 4.40. The van der Waals surface area contributed by atoms with E-state index in [0.29, 0.717) is 0 Å². The second-order valence-corrected chi connectivity index (χ2v) is 8.27. The monoisotopic (exact) mass is 403 g/mol. The summed E-state index contributed by atoms with van der Waals surface area (Å²) in [6.07, 6.45) is 3.46. The zero-order valence-electron chi connectivity index (χ0n) is 16.6. The Morgan fingerprint density at radius 1 is 0.966 bits per heavy atom. The van der Waals surface area contributed by atoms with Crippen LogP contribution in [-0.2, 0) is 4.79 Å². The van der Waals surface area contributed by atoms with Crippen molar-refractivity contribution in [2.45, 2.75) is 13.0 Å². The Morgan fingerprint density at radius 2 is 1.55 bits per heavy atom. The Morgan fingerprint density at radius 3 is 2.07 bits per heavy atom. The van der Waals surface area contributed by atoms with Crippen molar-refractivity contribution >= 4 is 23.3 Å². The number of piperazine rings is 1. The number of hydrogen-bond donors (Lipinski definition) is 0. The lowest BCUT2D eigenvalue weighted by molar-refractivity contribution is -0.127. The van der Waals surface area contributed by atoms with E-state index in [2.05, 4.69) is 70.5 Å². The van der Waals surface area contributed by atoms with Gasteiger partial charge in [-0.25, -0.2) is 4.98 Å². The molecule has 4 rings (SSSR count). The van der Waals surface area contributed by atoms with Crippen molar-refractivity contribution < 1.29 is 4.79 Å². The van der Waals surface area contributed by atoms with Gasteiger partial charge in [0, 0.05) is 37.6 Å². The Hall–Kier alpha value is -2.76. The highest BCUT2D eigenvalue weighted by atomic mass is 32.1. The number of aromatic nitrogens is 1. The average Bonchev–Trinajstić information content (AvgIpc) is 3.19. The van der Waals surface area contributed by atoms with Crippen LogP contribution in [0.5, 0.6) is 0 Å². The molecule has 4 nitrogen and oxygen atoms in total. The second kappa shape index (κ2) is 9.16. The highest BCUT2D eigenvalue weighted by Gasteiger charge is 2.27. The minimum atomic E-state index is 0.0614. The van der Waals surface area contributed by atoms with Gasteiger partial charge in [0.25, 0.3) is 0 Å². The molecule has 2 heterocycles. The minimum absolute atomic E-state index is 0.0614. The third-order valence-corrected chi connectivity index (χ3v) is 6.05. The maximum Gasteiger partial charge on any atom is 0.246 e. The Bertz CT molecular complexity index is 921. The fraction of sp³-hybridized carbons (Fsp3) is 0.250. The summed E-state index contributed by atoms with van der Waals surface area (Å²) in [6.45, 7) is 5.14. The first-order valence-corrected chi connectivity index (χ1v) is 10.8. The number of thiazole rings is 1. The zero-order valence-corrected chi connectivity index (χ0v) is 17.4. The molecule has 0 N–H and O–H groups in total. The van der Waals surface area contributed by atoms with Crippen molar-refractivity contribution in [3.8, 4) is 0 Å². The van der Waals surface area contributed by atoms with Crippen molar-refractivity contribution in [2.75, 3.05) is 26.2 Å². The molecule has 29 heavy (non-hydrogen) atoms. The quantitative estimate of drug-likeness (QED) is 0.593. The van der Waals surface area contributed by atoms with E-state index in [1.807, 2.05) is 23.3 Å². The van der Waals surface area contributed by atoms with Gasteiger partial charge in [0.2, 0.25) is 5.91 Å². The topological polar surface area (TPSA) is 36.4 Å². The number of benzene rings is 2. The highest BCUT2D eigenvalue weighted by molar-refractivity contribution is 7.09. The Kier molecular flexibility index (Phi) is 6.17. The van der Waals surface area contributed by atoms with E-state index in [1.54, 1.807) is 17.4 Å². The van der Waals surface area contributed by atoms with Crippen LogP contribution in [0, 0.1) is 6.92 Å². The second-order valence-electron chi connectivity index (χ2n) is 7.21. The maximum atomic E-state index is 12.6. The normalized spacial score (nSPS) is 15.3. The van der Waals surface area contributed by atoms with Crippen LogP contribution in [-0.4, -0.2) is 46.9 Å². The van der Waals surface area contributed by atoms with Crippen molar-refractivity contribution in [1.82, 2.24) is 14.8 Å². The summed E-state index contributed by atoms with van der Waals surface area (Å²) in [7, 11) is 0. The van der Waals surface area contributed by atoms with E-state index in [0.717, 1.165) is 36.9 Å². The van der Waals surface area contributed by atoms with E-state index in [9.17, 15) is 4.79 Å². The molecule has 0 unspecified atom stereocenters. The number of hydrogen-bond acceptors (Lipinski definition) is 4. The summed E-state index contributed by atoms with van der Waals surface area (Å²) < 4.78 is 0. The summed E-state index contributed by atoms with van der Waals surface area (Å²) in [5.74, 6) is 0.0614. The molecule has 0 aliphatic carbocycles. The van der Waals surface area contributed by atoms with Crippen LogP contribution >= 0.6 is 11.3 Å². The van der Waals surface area contributed by atoms with Gasteiger partial charge in [-0.1, -0.05) is 60.7 Å². The van der Waals surface area contributed by atoms with Crippen molar-refractivity contribution in [2.24, 2.45) is 0 Å². The van der Waals surface area contributed by atoms with Crippen molar-refractivity contribution in [1.29, 1.82) is 0 Å². The van der Waals surface area contributed by atoms with Gasteiger partial charge in [-0.05, 0) is 24.1 Å². The van der Waals surface area contributed by atoms with Crippen LogP contribution < -0.4 is 0 Å². The molecule has 0 saturated carbocycles. The summed E-state index contributed by atoms with van der Waals surface area (Å²) in [6, 6.07) is 21.4. The molecule has 3 aromatic rings. The summed E-state index contributed by atoms with van der Waals surface area (Å²) in [5, 5.41) is 2.99. The lowest BCUT2D eigenvalue weighted by Gasteiger charge is -2.39. The van der Waals surface area contributed by atoms with Crippen LogP contribution in [0.2, 0.25) is 0 Å².